The lowest BCUT2D eigenvalue weighted by Crippen LogP contribution is -2.36. The van der Waals surface area contributed by atoms with Gasteiger partial charge < -0.3 is 10.2 Å². The summed E-state index contributed by atoms with van der Waals surface area (Å²) >= 11 is 11.9. The molecular formula is C14H16Cl2N2O2. The molecule has 0 spiro atoms. The normalized spacial score (nSPS) is 20.4. The molecule has 2 atom stereocenters. The molecule has 1 N–H and O–H groups in total. The van der Waals surface area contributed by atoms with E-state index < -0.39 is 0 Å². The number of carbonyl (C=O) groups excluding carboxylic acids is 2. The van der Waals surface area contributed by atoms with Crippen molar-refractivity contribution in [3.8, 4) is 0 Å². The molecule has 1 saturated carbocycles. The molecule has 1 fully saturated rings. The number of para-hydroxylation sites is 1. The molecule has 1 aromatic rings. The number of benzene rings is 1. The lowest BCUT2D eigenvalue weighted by Gasteiger charge is -2.17. The Morgan fingerprint density at radius 3 is 2.40 bits per heavy atom. The minimum Gasteiger partial charge on any atom is -0.336 e. The molecular weight excluding hydrogens is 299 g/mol. The molecule has 2 amide bonds. The zero-order valence-corrected chi connectivity index (χ0v) is 12.8. The van der Waals surface area contributed by atoms with Crippen LogP contribution < -0.4 is 5.32 Å². The standard InChI is InChI=1S/C14H16Cl2N2O2/c1-8-6-9(8)14(20)18(2)7-12(19)17-13-10(15)4-3-5-11(13)16/h3-5,8-9H,6-7H2,1-2H3,(H,17,19). The third-order valence-corrected chi connectivity index (χ3v) is 4.04. The Labute approximate surface area is 128 Å². The highest BCUT2D eigenvalue weighted by Gasteiger charge is 2.40. The number of nitrogens with zero attached hydrogens (tertiary/aromatic N) is 1. The van der Waals surface area contributed by atoms with E-state index in [0.29, 0.717) is 21.7 Å². The van der Waals surface area contributed by atoms with E-state index in [9.17, 15) is 9.59 Å². The van der Waals surface area contributed by atoms with Gasteiger partial charge in [-0.3, -0.25) is 9.59 Å². The molecule has 4 nitrogen and oxygen atoms in total. The average Bonchev–Trinajstić information content (AvgIpc) is 3.10. The van der Waals surface area contributed by atoms with E-state index in [1.807, 2.05) is 6.92 Å². The molecule has 2 unspecified atom stereocenters. The van der Waals surface area contributed by atoms with Crippen LogP contribution in [-0.4, -0.2) is 30.3 Å². The summed E-state index contributed by atoms with van der Waals surface area (Å²) in [5, 5.41) is 3.38. The quantitative estimate of drug-likeness (QED) is 0.928. The van der Waals surface area contributed by atoms with E-state index in [2.05, 4.69) is 5.32 Å². The van der Waals surface area contributed by atoms with Gasteiger partial charge in [-0.05, 0) is 24.5 Å². The van der Waals surface area contributed by atoms with Crippen molar-refractivity contribution in [3.63, 3.8) is 0 Å². The van der Waals surface area contributed by atoms with E-state index in [0.717, 1.165) is 6.42 Å². The molecule has 108 valence electrons. The van der Waals surface area contributed by atoms with Crippen LogP contribution in [0, 0.1) is 11.8 Å². The number of rotatable bonds is 4. The third kappa shape index (κ3) is 3.44. The number of nitrogens with one attached hydrogen (secondary N) is 1. The topological polar surface area (TPSA) is 49.4 Å². The number of anilines is 1. The van der Waals surface area contributed by atoms with Gasteiger partial charge in [0.25, 0.3) is 0 Å². The van der Waals surface area contributed by atoms with Crippen molar-refractivity contribution >= 4 is 40.7 Å². The molecule has 0 saturated heterocycles. The maximum absolute atomic E-state index is 11.9. The van der Waals surface area contributed by atoms with Gasteiger partial charge in [0, 0.05) is 13.0 Å². The molecule has 0 aromatic heterocycles. The van der Waals surface area contributed by atoms with Gasteiger partial charge in [0.1, 0.15) is 0 Å². The van der Waals surface area contributed by atoms with Gasteiger partial charge in [0.15, 0.2) is 0 Å². The Bertz CT molecular complexity index is 528. The van der Waals surface area contributed by atoms with Gasteiger partial charge in [-0.1, -0.05) is 36.2 Å². The summed E-state index contributed by atoms with van der Waals surface area (Å²) < 4.78 is 0. The zero-order chi connectivity index (χ0) is 14.9. The highest BCUT2D eigenvalue weighted by molar-refractivity contribution is 6.39. The second kappa shape index (κ2) is 6.02. The molecule has 6 heteroatoms. The van der Waals surface area contributed by atoms with E-state index in [1.54, 1.807) is 25.2 Å². The lowest BCUT2D eigenvalue weighted by molar-refractivity contribution is -0.134. The van der Waals surface area contributed by atoms with Crippen LogP contribution in [-0.2, 0) is 9.59 Å². The van der Waals surface area contributed by atoms with Crippen molar-refractivity contribution in [1.29, 1.82) is 0 Å². The number of carbonyl (C=O) groups is 2. The van der Waals surface area contributed by atoms with Crippen LogP contribution in [0.2, 0.25) is 10.0 Å². The fraction of sp³-hybridized carbons (Fsp3) is 0.429. The molecule has 2 rings (SSSR count). The maximum Gasteiger partial charge on any atom is 0.244 e. The fourth-order valence-electron chi connectivity index (χ4n) is 2.04. The summed E-state index contributed by atoms with van der Waals surface area (Å²) in [6.45, 7) is 2.02. The number of likely N-dealkylation sites (N-methyl/N-ethyl adjacent to an activating group) is 1. The van der Waals surface area contributed by atoms with E-state index in [4.69, 9.17) is 23.2 Å². The smallest absolute Gasteiger partial charge is 0.244 e. The van der Waals surface area contributed by atoms with Crippen molar-refractivity contribution in [2.24, 2.45) is 11.8 Å². The van der Waals surface area contributed by atoms with Crippen molar-refractivity contribution in [2.75, 3.05) is 18.9 Å². The molecule has 20 heavy (non-hydrogen) atoms. The van der Waals surface area contributed by atoms with Crippen LogP contribution in [0.1, 0.15) is 13.3 Å². The molecule has 0 aliphatic heterocycles. The minimum atomic E-state index is -0.316. The van der Waals surface area contributed by atoms with Crippen LogP contribution in [0.3, 0.4) is 0 Å². The summed E-state index contributed by atoms with van der Waals surface area (Å²) in [4.78, 5) is 25.3. The lowest BCUT2D eigenvalue weighted by atomic mass is 10.3. The molecule has 0 radical (unpaired) electrons. The monoisotopic (exact) mass is 314 g/mol. The van der Waals surface area contributed by atoms with Gasteiger partial charge in [0.05, 0.1) is 22.3 Å². The summed E-state index contributed by atoms with van der Waals surface area (Å²) in [6.07, 6.45) is 0.904. The Morgan fingerprint density at radius 2 is 1.90 bits per heavy atom. The molecule has 1 aliphatic carbocycles. The largest absolute Gasteiger partial charge is 0.336 e. The highest BCUT2D eigenvalue weighted by Crippen LogP contribution is 2.38. The molecule has 1 aliphatic rings. The van der Waals surface area contributed by atoms with Crippen LogP contribution in [0.25, 0.3) is 0 Å². The van der Waals surface area contributed by atoms with Gasteiger partial charge >= 0.3 is 0 Å². The predicted molar refractivity (Wildman–Crippen MR) is 80.0 cm³/mol. The minimum absolute atomic E-state index is 0.0103. The van der Waals surface area contributed by atoms with E-state index in [1.165, 1.54) is 4.90 Å². The summed E-state index contributed by atoms with van der Waals surface area (Å²) in [7, 11) is 1.63. The zero-order valence-electron chi connectivity index (χ0n) is 11.3. The van der Waals surface area contributed by atoms with Gasteiger partial charge in [-0.2, -0.15) is 0 Å². The number of hydrogen-bond donors (Lipinski definition) is 1. The van der Waals surface area contributed by atoms with E-state index in [-0.39, 0.29) is 24.3 Å². The Morgan fingerprint density at radius 1 is 1.35 bits per heavy atom. The Balaban J connectivity index is 1.94. The second-order valence-corrected chi connectivity index (χ2v) is 5.97. The molecule has 0 bridgehead atoms. The van der Waals surface area contributed by atoms with Crippen molar-refractivity contribution in [2.45, 2.75) is 13.3 Å². The average molecular weight is 315 g/mol. The number of hydrogen-bond acceptors (Lipinski definition) is 2. The number of halogens is 2. The first-order chi connectivity index (χ1) is 9.40. The number of amides is 2. The summed E-state index contributed by atoms with van der Waals surface area (Å²) in [6, 6.07) is 4.98. The summed E-state index contributed by atoms with van der Waals surface area (Å²) in [5.74, 6) is 0.185. The van der Waals surface area contributed by atoms with Crippen LogP contribution >= 0.6 is 23.2 Å². The van der Waals surface area contributed by atoms with Crippen molar-refractivity contribution < 1.29 is 9.59 Å². The van der Waals surface area contributed by atoms with E-state index >= 15 is 0 Å². The summed E-state index contributed by atoms with van der Waals surface area (Å²) in [5.41, 5.74) is 0.376. The first-order valence-corrected chi connectivity index (χ1v) is 7.14. The van der Waals surface area contributed by atoms with Crippen molar-refractivity contribution in [3.05, 3.63) is 28.2 Å². The highest BCUT2D eigenvalue weighted by atomic mass is 35.5. The maximum atomic E-state index is 11.9. The van der Waals surface area contributed by atoms with Gasteiger partial charge in [0.2, 0.25) is 11.8 Å². The van der Waals surface area contributed by atoms with Gasteiger partial charge in [-0.25, -0.2) is 0 Å². The SMILES string of the molecule is CC1CC1C(=O)N(C)CC(=O)Nc1c(Cl)cccc1Cl. The predicted octanol–water partition coefficient (Wildman–Crippen LogP) is 3.05. The first kappa shape index (κ1) is 15.1. The third-order valence-electron chi connectivity index (χ3n) is 3.41. The molecule has 0 heterocycles. The van der Waals surface area contributed by atoms with Crippen LogP contribution in [0.5, 0.6) is 0 Å². The second-order valence-electron chi connectivity index (χ2n) is 5.16. The van der Waals surface area contributed by atoms with Crippen LogP contribution in [0.4, 0.5) is 5.69 Å². The first-order valence-electron chi connectivity index (χ1n) is 6.39. The fourth-order valence-corrected chi connectivity index (χ4v) is 2.53. The Kier molecular flexibility index (Phi) is 4.55. The van der Waals surface area contributed by atoms with Gasteiger partial charge in [-0.15, -0.1) is 0 Å². The van der Waals surface area contributed by atoms with Crippen LogP contribution in [0.15, 0.2) is 18.2 Å². The van der Waals surface area contributed by atoms with Crippen molar-refractivity contribution in [1.82, 2.24) is 4.90 Å². The Hall–Kier alpha value is -1.26. The molecule has 1 aromatic carbocycles.